The van der Waals surface area contributed by atoms with E-state index in [9.17, 15) is 39.5 Å². The fourth-order valence-electron chi connectivity index (χ4n) is 11.6. The second-order valence-corrected chi connectivity index (χ2v) is 34.5. The second kappa shape index (κ2) is 67.0. The standard InChI is InChI=1S/C13H29N2.C10H26N3.C9H21N2.C7H15N2.4C7H17N2.3C2HF3O2.C2H4O2.CH2O2.CH4.BrH.ClH.HI/c1-4-6-8-14-9-12-15(3,13-10-14)11-7-5-2;1-6-12(7-2)11-10-13(5,8-3)9-4;1-4-7-11(3)8-5-10(2)6-9-11;1-9-5-2-8(3-6-9)4-7-9;4*1-8-4-6-9(2,3)7-5-8;3*3-2(4,5)1(6)7;1-2(3)4;2-1-3;;;;/h4-13H2,1-3H3;11H,6-10H2,1-5H3;4-9H2,1-3H3;2-7H2,1H3;4*4-7H2,1-3H3;3*(H,6,7);1H3,(H,3,4);1H,(H,2,3);1H4;3*1H/q8*+1;;;;;;;;;/p-7. The van der Waals surface area contributed by atoms with Crippen LogP contribution in [0.4, 0.5) is 39.5 Å². The van der Waals surface area contributed by atoms with Crippen molar-refractivity contribution in [2.45, 2.75) is 113 Å². The van der Waals surface area contributed by atoms with Crippen molar-refractivity contribution in [1.82, 2.24) is 44.7 Å². The van der Waals surface area contributed by atoms with Crippen molar-refractivity contribution in [3.63, 3.8) is 0 Å². The minimum Gasteiger partial charge on any atom is -1.00 e. The molecule has 0 aromatic carbocycles. The molecule has 9 aliphatic heterocycles. The molecule has 0 spiro atoms. The molecule has 9 saturated heterocycles. The smallest absolute Gasteiger partial charge is 0.430 e. The summed E-state index contributed by atoms with van der Waals surface area (Å²) in [5.74, 6) is -10.1. The number of fused-ring (bicyclic) bond motifs is 3. The normalized spacial score (nSPS) is 21.6. The van der Waals surface area contributed by atoms with Gasteiger partial charge in [-0.1, -0.05) is 54.9 Å². The number of hydrogen-bond donors (Lipinski definition) is 1. The molecular weight excluding hydrogens is 1740 g/mol. The second-order valence-electron chi connectivity index (χ2n) is 34.5. The SMILES string of the molecule is C.CC(=O)[O-].CCCCN1CC[N+](C)(CCCC)CC1.CCC[N+]1(C)CCN(C)CC1.CCN(CC)NC[N+](C)(CC)CC.CN1CC[N+](C)(C)CC1.CN1CC[N+](C)(C)CC1.CN1CC[N+](C)(C)CC1.CN1CC[N+](C)(C)CC1.C[N+]12CCN(CC1)CC2.I.O=C([O-])C(F)(F)F.O=C([O-])C(F)(F)F.O=C([O-])C(F)(F)F.O=C[O-].[Br-].[Cl-]. The van der Waals surface area contributed by atoms with Crippen molar-refractivity contribution in [2.24, 2.45) is 0 Å². The molecule has 0 amide bonds. The lowest BCUT2D eigenvalue weighted by Crippen LogP contribution is -3.00. The predicted octanol–water partition coefficient (Wildman–Crippen LogP) is -5.51. The molecule has 0 saturated carbocycles. The molecule has 39 heteroatoms. The van der Waals surface area contributed by atoms with Gasteiger partial charge in [0.25, 0.3) is 0 Å². The van der Waals surface area contributed by atoms with Crippen molar-refractivity contribution in [2.75, 3.05) is 369 Å². The minimum absolute atomic E-state index is 0. The van der Waals surface area contributed by atoms with E-state index >= 15 is 0 Å². The monoisotopic (exact) mass is 1900 g/mol. The van der Waals surface area contributed by atoms with E-state index in [-0.39, 0.29) is 60.8 Å². The number of alkyl halides is 9. The number of carboxylic acids is 4. The molecule has 9 aliphatic rings. The summed E-state index contributed by atoms with van der Waals surface area (Å²) in [6, 6.07) is 0. The van der Waals surface area contributed by atoms with Crippen LogP contribution >= 0.6 is 24.0 Å². The maximum atomic E-state index is 10.5. The molecule has 0 aromatic heterocycles. The number of nitrogens with one attached hydrogen (secondary N) is 1. The minimum atomic E-state index is -5.19. The summed E-state index contributed by atoms with van der Waals surface area (Å²) in [5, 5.41) is 45.7. The van der Waals surface area contributed by atoms with Crippen LogP contribution in [-0.2, 0) is 24.0 Å². The highest BCUT2D eigenvalue weighted by Crippen LogP contribution is 2.18. The van der Waals surface area contributed by atoms with Crippen LogP contribution in [-0.4, -0.2) is 493 Å². The third kappa shape index (κ3) is 75.3. The van der Waals surface area contributed by atoms with Gasteiger partial charge in [0, 0.05) is 124 Å². The molecule has 0 aliphatic carbocycles. The van der Waals surface area contributed by atoms with E-state index in [1.54, 1.807) is 0 Å². The van der Waals surface area contributed by atoms with E-state index in [4.69, 9.17) is 49.5 Å². The molecule has 9 rings (SSSR count). The maximum absolute atomic E-state index is 10.5. The van der Waals surface area contributed by atoms with Crippen molar-refractivity contribution in [1.29, 1.82) is 0 Å². The summed E-state index contributed by atoms with van der Waals surface area (Å²) in [5.41, 5.74) is 3.47. The van der Waals surface area contributed by atoms with Gasteiger partial charge in [-0.15, -0.1) is 24.0 Å². The largest absolute Gasteiger partial charge is 1.00 e. The van der Waals surface area contributed by atoms with Gasteiger partial charge in [0.15, 0.2) is 0 Å². The Morgan fingerprint density at radius 3 is 0.836 bits per heavy atom. The highest BCUT2D eigenvalue weighted by atomic mass is 127. The average Bonchev–Trinajstić information content (AvgIpc) is 0.816. The summed E-state index contributed by atoms with van der Waals surface area (Å²) in [4.78, 5) is 60.7. The number of halogens is 12. The lowest BCUT2D eigenvalue weighted by atomic mass is 10.2. The Bertz CT molecular complexity index is 2220. The van der Waals surface area contributed by atoms with Crippen LogP contribution in [0.5, 0.6) is 0 Å². The van der Waals surface area contributed by atoms with Crippen LogP contribution in [0.15, 0.2) is 0 Å². The van der Waals surface area contributed by atoms with Gasteiger partial charge in [0.2, 0.25) is 0 Å². The summed E-state index contributed by atoms with van der Waals surface area (Å²) in [6.45, 7) is 65.1. The Balaban J connectivity index is -0.000000154. The molecule has 116 heavy (non-hydrogen) atoms. The van der Waals surface area contributed by atoms with Crippen LogP contribution in [0.3, 0.4) is 0 Å². The molecule has 0 radical (unpaired) electrons. The van der Waals surface area contributed by atoms with Crippen molar-refractivity contribution in [3.8, 4) is 0 Å². The Labute approximate surface area is 731 Å². The lowest BCUT2D eigenvalue weighted by Gasteiger charge is -2.48. The van der Waals surface area contributed by atoms with E-state index in [0.717, 1.165) is 31.2 Å². The first-order chi connectivity index (χ1) is 51.1. The molecule has 0 unspecified atom stereocenters. The fraction of sp³-hybridized carbons (Fsp3) is 0.935. The topological polar surface area (TPSA) is 239 Å². The maximum Gasteiger partial charge on any atom is 0.430 e. The Morgan fingerprint density at radius 2 is 0.655 bits per heavy atom. The van der Waals surface area contributed by atoms with Crippen molar-refractivity contribution < 1.29 is 154 Å². The van der Waals surface area contributed by atoms with Crippen LogP contribution < -0.4 is 60.3 Å². The Hall–Kier alpha value is -2.46. The highest BCUT2D eigenvalue weighted by molar-refractivity contribution is 14.0. The van der Waals surface area contributed by atoms with Crippen molar-refractivity contribution in [3.05, 3.63) is 0 Å². The molecule has 1 N–H and O–H groups in total. The number of piperazine rings is 9. The number of rotatable bonds is 15. The first-order valence-electron chi connectivity index (χ1n) is 40.2. The zero-order chi connectivity index (χ0) is 88.2. The number of unbranched alkanes of at least 4 members (excludes halogenated alkanes) is 2. The van der Waals surface area contributed by atoms with Crippen LogP contribution in [0.25, 0.3) is 0 Å². The zero-order valence-electron chi connectivity index (χ0n) is 75.8. The van der Waals surface area contributed by atoms with Gasteiger partial charge in [0.05, 0.1) is 209 Å². The Morgan fingerprint density at radius 1 is 0.431 bits per heavy atom. The van der Waals surface area contributed by atoms with E-state index in [2.05, 4.69) is 213 Å². The van der Waals surface area contributed by atoms with Crippen LogP contribution in [0, 0.1) is 0 Å². The first-order valence-corrected chi connectivity index (χ1v) is 40.2. The highest BCUT2D eigenvalue weighted by Gasteiger charge is 2.35. The van der Waals surface area contributed by atoms with E-state index in [1.807, 2.05) is 0 Å². The number of hydrogen-bond acceptors (Lipinski definition) is 19. The molecule has 27 nitrogen and oxygen atoms in total. The number of hydrazine groups is 1. The fourth-order valence-corrected chi connectivity index (χ4v) is 11.6. The lowest BCUT2D eigenvalue weighted by molar-refractivity contribution is -0.922. The van der Waals surface area contributed by atoms with Gasteiger partial charge < -0.3 is 115 Å². The number of quaternary nitrogens is 8. The van der Waals surface area contributed by atoms with Gasteiger partial charge in [-0.3, -0.25) is 34.3 Å². The predicted molar refractivity (Wildman–Crippen MR) is 440 cm³/mol. The molecule has 704 valence electrons. The number of carboxylic acid groups (broad SMARTS) is 5. The number of nitrogens with zero attached hydrogens (tertiary/aromatic N) is 16. The summed E-state index contributed by atoms with van der Waals surface area (Å²) in [6.07, 6.45) is -8.82. The first kappa shape index (κ1) is 132. The third-order valence-electron chi connectivity index (χ3n) is 21.8. The van der Waals surface area contributed by atoms with Gasteiger partial charge in [0.1, 0.15) is 24.6 Å². The molecule has 9 fully saturated rings. The number of carbonyl (C=O) groups is 5. The summed E-state index contributed by atoms with van der Waals surface area (Å²) < 4.78 is 104. The summed E-state index contributed by atoms with van der Waals surface area (Å²) >= 11 is 0. The van der Waals surface area contributed by atoms with Crippen molar-refractivity contribution >= 4 is 54.3 Å². The van der Waals surface area contributed by atoms with E-state index in [0.29, 0.717) is 0 Å². The van der Waals surface area contributed by atoms with E-state index in [1.165, 1.54) is 293 Å². The van der Waals surface area contributed by atoms with Crippen LogP contribution in [0.2, 0.25) is 0 Å². The summed E-state index contributed by atoms with van der Waals surface area (Å²) in [7, 11) is 38.9. The molecule has 0 atom stereocenters. The van der Waals surface area contributed by atoms with Gasteiger partial charge in [-0.25, -0.2) is 10.4 Å². The van der Waals surface area contributed by atoms with Gasteiger partial charge >= 0.3 is 18.5 Å². The van der Waals surface area contributed by atoms with E-state index < -0.39 is 48.9 Å². The number of carbonyl (C=O) groups excluding carboxylic acids is 5. The molecule has 9 heterocycles. The third-order valence-corrected chi connectivity index (χ3v) is 21.8. The average molecular weight is 1910 g/mol. The quantitative estimate of drug-likeness (QED) is 0.0402. The van der Waals surface area contributed by atoms with Gasteiger partial charge in [-0.05, 0) is 81.8 Å². The molecule has 2 bridgehead atoms. The number of likely N-dealkylation sites (N-methyl/N-ethyl adjacent to an activating group) is 12. The molecule has 0 aromatic rings. The molecular formula is C77H168BrClF9IN17O10+. The van der Waals surface area contributed by atoms with Gasteiger partial charge in [-0.2, -0.15) is 39.5 Å². The Kier molecular flexibility index (Phi) is 76.0. The number of aliphatic carboxylic acids is 4. The zero-order valence-corrected chi connectivity index (χ0v) is 80.5. The van der Waals surface area contributed by atoms with Crippen LogP contribution in [0.1, 0.15) is 94.9 Å².